The van der Waals surface area contributed by atoms with Gasteiger partial charge in [-0.15, -0.1) is 11.8 Å². The highest BCUT2D eigenvalue weighted by molar-refractivity contribution is 8.02. The highest BCUT2D eigenvalue weighted by atomic mass is 32.2. The fourth-order valence-electron chi connectivity index (χ4n) is 2.91. The maximum absolute atomic E-state index is 12.0. The molecular weight excluding hydrogens is 238 g/mol. The number of carbonyl (C=O) groups excluding carboxylic acids is 1. The Morgan fingerprint density at radius 3 is 2.76 bits per heavy atom. The third-order valence-corrected chi connectivity index (χ3v) is 5.02. The van der Waals surface area contributed by atoms with Gasteiger partial charge in [0, 0.05) is 23.6 Å². The summed E-state index contributed by atoms with van der Waals surface area (Å²) < 4.78 is 5.07. The normalized spacial score (nSPS) is 33.8. The van der Waals surface area contributed by atoms with Crippen molar-refractivity contribution in [2.75, 3.05) is 13.0 Å². The summed E-state index contributed by atoms with van der Waals surface area (Å²) in [6.45, 7) is 5.79. The van der Waals surface area contributed by atoms with Gasteiger partial charge in [0.05, 0.1) is 24.0 Å². The smallest absolute Gasteiger partial charge is 0.234 e. The molecule has 0 bridgehead atoms. The zero-order valence-electron chi connectivity index (χ0n) is 10.6. The summed E-state index contributed by atoms with van der Waals surface area (Å²) in [5, 5.41) is 9.66. The van der Waals surface area contributed by atoms with E-state index in [0.717, 1.165) is 5.70 Å². The van der Waals surface area contributed by atoms with Crippen molar-refractivity contribution in [3.05, 3.63) is 10.6 Å². The summed E-state index contributed by atoms with van der Waals surface area (Å²) in [5.74, 6) is 0.723. The average molecular weight is 257 g/mol. The van der Waals surface area contributed by atoms with E-state index >= 15 is 0 Å². The lowest BCUT2D eigenvalue weighted by Crippen LogP contribution is -2.62. The molecule has 1 amide bonds. The summed E-state index contributed by atoms with van der Waals surface area (Å²) in [6, 6.07) is 0.141. The average Bonchev–Trinajstić information content (AvgIpc) is 2.44. The Morgan fingerprint density at radius 2 is 2.24 bits per heavy atom. The molecule has 1 saturated heterocycles. The number of aliphatic hydroxyl groups excluding tert-OH is 1. The van der Waals surface area contributed by atoms with Crippen molar-refractivity contribution < 1.29 is 14.6 Å². The number of rotatable bonds is 4. The van der Waals surface area contributed by atoms with Gasteiger partial charge in [-0.3, -0.25) is 4.79 Å². The van der Waals surface area contributed by atoms with Crippen molar-refractivity contribution in [1.82, 2.24) is 4.90 Å². The number of amides is 1. The number of ether oxygens (including phenoxy) is 1. The highest BCUT2D eigenvalue weighted by Crippen LogP contribution is 2.49. The van der Waals surface area contributed by atoms with Gasteiger partial charge >= 0.3 is 0 Å². The van der Waals surface area contributed by atoms with Gasteiger partial charge in [0.15, 0.2) is 0 Å². The molecule has 4 atom stereocenters. The van der Waals surface area contributed by atoms with E-state index in [1.54, 1.807) is 25.8 Å². The molecule has 0 saturated carbocycles. The van der Waals surface area contributed by atoms with Crippen LogP contribution in [0, 0.1) is 11.8 Å². The number of aliphatic hydroxyl groups is 1. The van der Waals surface area contributed by atoms with E-state index in [9.17, 15) is 9.90 Å². The third kappa shape index (κ3) is 1.80. The van der Waals surface area contributed by atoms with E-state index in [-0.39, 0.29) is 17.9 Å². The zero-order valence-corrected chi connectivity index (χ0v) is 11.5. The summed E-state index contributed by atoms with van der Waals surface area (Å²) in [6.07, 6.45) is -0.564. The van der Waals surface area contributed by atoms with E-state index < -0.39 is 6.10 Å². The predicted molar refractivity (Wildman–Crippen MR) is 67.1 cm³/mol. The summed E-state index contributed by atoms with van der Waals surface area (Å²) in [7, 11) is 1.67. The minimum atomic E-state index is -0.564. The summed E-state index contributed by atoms with van der Waals surface area (Å²) >= 11 is 1.65. The molecule has 2 aliphatic heterocycles. The van der Waals surface area contributed by atoms with Crippen LogP contribution in [0.25, 0.3) is 0 Å². The molecule has 96 valence electrons. The topological polar surface area (TPSA) is 49.8 Å². The van der Waals surface area contributed by atoms with Crippen molar-refractivity contribution in [3.63, 3.8) is 0 Å². The minimum Gasteiger partial charge on any atom is -0.393 e. The molecule has 0 radical (unpaired) electrons. The second-order valence-corrected chi connectivity index (χ2v) is 5.72. The molecular formula is C12H19NO3S. The molecule has 0 spiro atoms. The van der Waals surface area contributed by atoms with Crippen LogP contribution < -0.4 is 0 Å². The minimum absolute atomic E-state index is 0.0577. The van der Waals surface area contributed by atoms with E-state index in [4.69, 9.17) is 4.74 Å². The number of hydrogen-bond acceptors (Lipinski definition) is 4. The molecule has 4 unspecified atom stereocenters. The zero-order chi connectivity index (χ0) is 12.7. The van der Waals surface area contributed by atoms with Crippen LogP contribution in [0.5, 0.6) is 0 Å². The first kappa shape index (κ1) is 12.9. The molecule has 0 aliphatic carbocycles. The molecule has 0 aromatic heterocycles. The van der Waals surface area contributed by atoms with Crippen molar-refractivity contribution >= 4 is 17.7 Å². The number of thioether (sulfide) groups is 1. The Morgan fingerprint density at radius 1 is 1.59 bits per heavy atom. The van der Waals surface area contributed by atoms with Crippen LogP contribution in [-0.2, 0) is 9.53 Å². The number of carbonyl (C=O) groups is 1. The van der Waals surface area contributed by atoms with Gasteiger partial charge in [-0.2, -0.15) is 0 Å². The molecule has 2 rings (SSSR count). The van der Waals surface area contributed by atoms with Crippen LogP contribution in [0.2, 0.25) is 0 Å². The van der Waals surface area contributed by atoms with Gasteiger partial charge in [-0.1, -0.05) is 6.92 Å². The van der Waals surface area contributed by atoms with Gasteiger partial charge in [0.1, 0.15) is 0 Å². The largest absolute Gasteiger partial charge is 0.393 e. The Kier molecular flexibility index (Phi) is 3.52. The fraction of sp³-hybridized carbons (Fsp3) is 0.750. The molecule has 2 heterocycles. The van der Waals surface area contributed by atoms with E-state index in [2.05, 4.69) is 6.92 Å². The van der Waals surface area contributed by atoms with Gasteiger partial charge in [0.25, 0.3) is 0 Å². The Hall–Kier alpha value is -0.520. The first-order valence-corrected chi connectivity index (χ1v) is 6.83. The van der Waals surface area contributed by atoms with Crippen LogP contribution in [0.1, 0.15) is 20.8 Å². The second kappa shape index (κ2) is 4.63. The number of nitrogens with zero attached hydrogens (tertiary/aromatic N) is 1. The molecule has 1 fully saturated rings. The Labute approximate surface area is 106 Å². The monoisotopic (exact) mass is 257 g/mol. The second-order valence-electron chi connectivity index (χ2n) is 4.75. The summed E-state index contributed by atoms with van der Waals surface area (Å²) in [4.78, 5) is 15.0. The Bertz CT molecular complexity index is 367. The molecule has 0 aromatic rings. The van der Waals surface area contributed by atoms with Crippen molar-refractivity contribution in [2.45, 2.75) is 32.9 Å². The van der Waals surface area contributed by atoms with Gasteiger partial charge in [0.2, 0.25) is 5.91 Å². The standard InChI is InChI=1S/C12H19NO3S/c1-6-10-9(8(3)14)12(15)13(10)7(2)11(6)17-5-16-4/h6,8-10,14H,5H2,1-4H3. The molecule has 1 N–H and O–H groups in total. The van der Waals surface area contributed by atoms with Crippen LogP contribution in [0.3, 0.4) is 0 Å². The maximum atomic E-state index is 12.0. The van der Waals surface area contributed by atoms with Gasteiger partial charge < -0.3 is 14.7 Å². The molecule has 2 aliphatic rings. The maximum Gasteiger partial charge on any atom is 0.234 e. The van der Waals surface area contributed by atoms with E-state index in [1.807, 2.05) is 11.8 Å². The highest BCUT2D eigenvalue weighted by Gasteiger charge is 2.57. The van der Waals surface area contributed by atoms with Gasteiger partial charge in [-0.25, -0.2) is 0 Å². The number of fused-ring (bicyclic) bond motifs is 1. The molecule has 4 nitrogen and oxygen atoms in total. The SMILES string of the molecule is COCSC1=C(C)N2C(=O)C(C(C)O)C2C1C. The van der Waals surface area contributed by atoms with Gasteiger partial charge in [-0.05, 0) is 13.8 Å². The third-order valence-electron chi connectivity index (χ3n) is 3.68. The quantitative estimate of drug-likeness (QED) is 0.611. The number of allylic oxidation sites excluding steroid dienone is 1. The predicted octanol–water partition coefficient (Wildman–Crippen LogP) is 1.41. The van der Waals surface area contributed by atoms with Crippen LogP contribution in [0.4, 0.5) is 0 Å². The molecule has 5 heteroatoms. The summed E-state index contributed by atoms with van der Waals surface area (Å²) in [5.41, 5.74) is 1.03. The van der Waals surface area contributed by atoms with E-state index in [1.165, 1.54) is 4.91 Å². The molecule has 0 aromatic carbocycles. The number of hydrogen-bond donors (Lipinski definition) is 1. The lowest BCUT2D eigenvalue weighted by atomic mass is 9.79. The Balaban J connectivity index is 2.17. The van der Waals surface area contributed by atoms with Crippen LogP contribution in [0.15, 0.2) is 10.6 Å². The first-order chi connectivity index (χ1) is 8.00. The van der Waals surface area contributed by atoms with Crippen molar-refractivity contribution in [2.24, 2.45) is 11.8 Å². The lowest BCUT2D eigenvalue weighted by Gasteiger charge is -2.46. The first-order valence-electron chi connectivity index (χ1n) is 5.84. The van der Waals surface area contributed by atoms with Crippen molar-refractivity contribution in [3.8, 4) is 0 Å². The number of β-lactam (4-membered cyclic amide) rings is 1. The van der Waals surface area contributed by atoms with Crippen molar-refractivity contribution in [1.29, 1.82) is 0 Å². The molecule has 17 heavy (non-hydrogen) atoms. The van der Waals surface area contributed by atoms with Crippen LogP contribution in [-0.4, -0.2) is 41.1 Å². The number of methoxy groups -OCH3 is 1. The fourth-order valence-corrected chi connectivity index (χ4v) is 3.86. The van der Waals surface area contributed by atoms with Crippen LogP contribution >= 0.6 is 11.8 Å². The van der Waals surface area contributed by atoms with E-state index in [0.29, 0.717) is 11.9 Å². The lowest BCUT2D eigenvalue weighted by molar-refractivity contribution is -0.159.